The van der Waals surface area contributed by atoms with Crippen molar-refractivity contribution in [3.05, 3.63) is 34.4 Å². The number of hydrogen-bond acceptors (Lipinski definition) is 1. The average Bonchev–Trinajstić information content (AvgIpc) is 2.32. The van der Waals surface area contributed by atoms with Crippen LogP contribution in [0.2, 0.25) is 0 Å². The number of rotatable bonds is 6. The van der Waals surface area contributed by atoms with Crippen LogP contribution in [0.15, 0.2) is 12.1 Å². The summed E-state index contributed by atoms with van der Waals surface area (Å²) in [6.07, 6.45) is 6.00. The van der Waals surface area contributed by atoms with Crippen molar-refractivity contribution in [2.45, 2.75) is 85.1 Å². The van der Waals surface area contributed by atoms with E-state index in [1.165, 1.54) is 41.5 Å². The second kappa shape index (κ2) is 7.26. The maximum Gasteiger partial charge on any atom is 0.00795 e. The Kier molecular flexibility index (Phi) is 6.26. The van der Waals surface area contributed by atoms with E-state index in [1.54, 1.807) is 0 Å². The average molecular weight is 275 g/mol. The molecule has 0 fully saturated rings. The lowest BCUT2D eigenvalue weighted by molar-refractivity contribution is 0.554. The number of aryl methyl sites for hydroxylation is 2. The molecule has 1 nitrogen and oxygen atoms in total. The lowest BCUT2D eigenvalue weighted by atomic mass is 9.82. The largest absolute Gasteiger partial charge is 0.327 e. The summed E-state index contributed by atoms with van der Waals surface area (Å²) in [6.45, 7) is 13.5. The van der Waals surface area contributed by atoms with Crippen LogP contribution in [0.3, 0.4) is 0 Å². The first-order chi connectivity index (χ1) is 9.25. The van der Waals surface area contributed by atoms with Gasteiger partial charge < -0.3 is 5.73 Å². The zero-order chi connectivity index (χ0) is 15.3. The molecule has 0 saturated carbocycles. The molecule has 0 aliphatic heterocycles. The van der Waals surface area contributed by atoms with E-state index in [2.05, 4.69) is 53.7 Å². The lowest BCUT2D eigenvalue weighted by Gasteiger charge is -2.23. The summed E-state index contributed by atoms with van der Waals surface area (Å²) in [5.41, 5.74) is 12.2. The van der Waals surface area contributed by atoms with Crippen molar-refractivity contribution >= 4 is 0 Å². The minimum atomic E-state index is 0.220. The molecule has 1 heteroatoms. The van der Waals surface area contributed by atoms with E-state index >= 15 is 0 Å². The molecule has 114 valence electrons. The molecule has 1 atom stereocenters. The van der Waals surface area contributed by atoms with Crippen molar-refractivity contribution in [3.63, 3.8) is 0 Å². The van der Waals surface area contributed by atoms with Crippen LogP contribution in [0.25, 0.3) is 0 Å². The third-order valence-electron chi connectivity index (χ3n) is 4.21. The number of nitrogens with two attached hydrogens (primary N) is 1. The minimum Gasteiger partial charge on any atom is -0.327 e. The normalized spacial score (nSPS) is 13.6. The van der Waals surface area contributed by atoms with E-state index in [-0.39, 0.29) is 5.41 Å². The first kappa shape index (κ1) is 17.2. The maximum absolute atomic E-state index is 6.31. The molecule has 0 bridgehead atoms. The summed E-state index contributed by atoms with van der Waals surface area (Å²) in [5.74, 6) is 0. The second-order valence-electron chi connectivity index (χ2n) is 7.30. The molecular formula is C19H33N. The highest BCUT2D eigenvalue weighted by Gasteiger charge is 2.17. The highest BCUT2D eigenvalue weighted by molar-refractivity contribution is 5.40. The van der Waals surface area contributed by atoms with E-state index in [9.17, 15) is 0 Å². The Bertz CT molecular complexity index is 403. The van der Waals surface area contributed by atoms with E-state index in [0.717, 1.165) is 12.8 Å². The smallest absolute Gasteiger partial charge is 0.00795 e. The Morgan fingerprint density at radius 3 is 2.05 bits per heavy atom. The number of hydrogen-bond donors (Lipinski definition) is 1. The van der Waals surface area contributed by atoms with Crippen LogP contribution in [-0.2, 0) is 11.8 Å². The molecule has 0 heterocycles. The van der Waals surface area contributed by atoms with Gasteiger partial charge in [0.25, 0.3) is 0 Å². The Balaban J connectivity index is 2.81. The molecule has 1 aromatic rings. The molecule has 0 amide bonds. The van der Waals surface area contributed by atoms with Crippen LogP contribution < -0.4 is 5.73 Å². The predicted octanol–water partition coefficient (Wildman–Crippen LogP) is 5.05. The molecule has 0 aliphatic rings. The Hall–Kier alpha value is -0.820. The van der Waals surface area contributed by atoms with Gasteiger partial charge in [0.15, 0.2) is 0 Å². The molecule has 0 radical (unpaired) electrons. The molecule has 0 aromatic heterocycles. The summed E-state index contributed by atoms with van der Waals surface area (Å²) in [7, 11) is 0. The Labute approximate surface area is 126 Å². The highest BCUT2D eigenvalue weighted by atomic mass is 14.6. The first-order valence-corrected chi connectivity index (χ1v) is 8.12. The molecule has 1 rings (SSSR count). The minimum absolute atomic E-state index is 0.220. The third-order valence-corrected chi connectivity index (χ3v) is 4.21. The van der Waals surface area contributed by atoms with Gasteiger partial charge in [-0.15, -0.1) is 0 Å². The fourth-order valence-electron chi connectivity index (χ4n) is 2.77. The molecule has 1 unspecified atom stereocenters. The second-order valence-corrected chi connectivity index (χ2v) is 7.30. The summed E-state index contributed by atoms with van der Waals surface area (Å²) in [5, 5.41) is 0. The Morgan fingerprint density at radius 2 is 1.60 bits per heavy atom. The molecule has 0 saturated heterocycles. The third kappa shape index (κ3) is 4.94. The van der Waals surface area contributed by atoms with E-state index < -0.39 is 0 Å². The monoisotopic (exact) mass is 275 g/mol. The van der Waals surface area contributed by atoms with Gasteiger partial charge in [0, 0.05) is 6.04 Å². The van der Waals surface area contributed by atoms with Gasteiger partial charge in [0.05, 0.1) is 0 Å². The van der Waals surface area contributed by atoms with Crippen molar-refractivity contribution in [1.82, 2.24) is 0 Å². The highest BCUT2D eigenvalue weighted by Crippen LogP contribution is 2.27. The number of unbranched alkanes of at least 4 members (excludes halogenated alkanes) is 2. The first-order valence-electron chi connectivity index (χ1n) is 8.12. The quantitative estimate of drug-likeness (QED) is 0.722. The van der Waals surface area contributed by atoms with Crippen LogP contribution in [-0.4, -0.2) is 6.04 Å². The molecule has 20 heavy (non-hydrogen) atoms. The topological polar surface area (TPSA) is 26.0 Å². The van der Waals surface area contributed by atoms with Gasteiger partial charge in [-0.1, -0.05) is 59.1 Å². The standard InChI is InChI=1S/C19H33N/c1-7-8-9-10-17(20)13-18-14(2)11-16(12-15(18)3)19(4,5)6/h11-12,17H,7-10,13,20H2,1-6H3. The number of benzene rings is 1. The van der Waals surface area contributed by atoms with E-state index in [1.807, 2.05) is 0 Å². The zero-order valence-corrected chi connectivity index (χ0v) is 14.3. The van der Waals surface area contributed by atoms with Gasteiger partial charge >= 0.3 is 0 Å². The van der Waals surface area contributed by atoms with Crippen molar-refractivity contribution in [3.8, 4) is 0 Å². The molecule has 2 N–H and O–H groups in total. The summed E-state index contributed by atoms with van der Waals surface area (Å²) in [4.78, 5) is 0. The van der Waals surface area contributed by atoms with Gasteiger partial charge in [0.1, 0.15) is 0 Å². The Morgan fingerprint density at radius 1 is 1.05 bits per heavy atom. The van der Waals surface area contributed by atoms with Crippen LogP contribution in [0.1, 0.15) is 75.6 Å². The van der Waals surface area contributed by atoms with Gasteiger partial charge in [-0.3, -0.25) is 0 Å². The van der Waals surface area contributed by atoms with E-state index in [4.69, 9.17) is 5.73 Å². The maximum atomic E-state index is 6.31. The molecular weight excluding hydrogens is 242 g/mol. The fraction of sp³-hybridized carbons (Fsp3) is 0.684. The fourth-order valence-corrected chi connectivity index (χ4v) is 2.77. The van der Waals surface area contributed by atoms with Crippen molar-refractivity contribution in [2.75, 3.05) is 0 Å². The van der Waals surface area contributed by atoms with Crippen LogP contribution >= 0.6 is 0 Å². The molecule has 0 spiro atoms. The van der Waals surface area contributed by atoms with E-state index in [0.29, 0.717) is 6.04 Å². The zero-order valence-electron chi connectivity index (χ0n) is 14.3. The van der Waals surface area contributed by atoms with Crippen LogP contribution in [0, 0.1) is 13.8 Å². The van der Waals surface area contributed by atoms with Gasteiger partial charge in [-0.05, 0) is 54.4 Å². The van der Waals surface area contributed by atoms with Gasteiger partial charge in [0.2, 0.25) is 0 Å². The van der Waals surface area contributed by atoms with Crippen LogP contribution in [0.5, 0.6) is 0 Å². The molecule has 0 aliphatic carbocycles. The van der Waals surface area contributed by atoms with Crippen LogP contribution in [0.4, 0.5) is 0 Å². The van der Waals surface area contributed by atoms with Gasteiger partial charge in [-0.2, -0.15) is 0 Å². The van der Waals surface area contributed by atoms with Crippen molar-refractivity contribution in [2.24, 2.45) is 5.73 Å². The van der Waals surface area contributed by atoms with Gasteiger partial charge in [-0.25, -0.2) is 0 Å². The van der Waals surface area contributed by atoms with Crippen molar-refractivity contribution < 1.29 is 0 Å². The SMILES string of the molecule is CCCCCC(N)Cc1c(C)cc(C(C)(C)C)cc1C. The predicted molar refractivity (Wildman–Crippen MR) is 90.4 cm³/mol. The molecule has 1 aromatic carbocycles. The lowest BCUT2D eigenvalue weighted by Crippen LogP contribution is -2.24. The van der Waals surface area contributed by atoms with Crippen molar-refractivity contribution in [1.29, 1.82) is 0 Å². The summed E-state index contributed by atoms with van der Waals surface area (Å²) in [6, 6.07) is 5.00. The summed E-state index contributed by atoms with van der Waals surface area (Å²) >= 11 is 0. The summed E-state index contributed by atoms with van der Waals surface area (Å²) < 4.78 is 0.